The van der Waals surface area contributed by atoms with E-state index in [1.807, 2.05) is 0 Å². The van der Waals surface area contributed by atoms with Gasteiger partial charge in [0.25, 0.3) is 0 Å². The fraction of sp³-hybridized carbons (Fsp3) is 0. The van der Waals surface area contributed by atoms with Gasteiger partial charge in [0.15, 0.2) is 0 Å². The van der Waals surface area contributed by atoms with E-state index >= 15 is 0 Å². The molecule has 0 amide bonds. The Morgan fingerprint density at radius 2 is 0.695 bits per heavy atom. The van der Waals surface area contributed by atoms with Gasteiger partial charge in [-0.15, -0.1) is 0 Å². The number of para-hydroxylation sites is 1. The van der Waals surface area contributed by atoms with E-state index in [1.54, 1.807) is 0 Å². The topological polar surface area (TPSA) is 3.24 Å². The molecule has 0 atom stereocenters. The molecule has 0 aliphatic rings. The lowest BCUT2D eigenvalue weighted by atomic mass is 9.92. The molecule has 0 aromatic heterocycles. The van der Waals surface area contributed by atoms with Gasteiger partial charge >= 0.3 is 0 Å². The van der Waals surface area contributed by atoms with Crippen LogP contribution < -0.4 is 4.90 Å². The zero-order valence-electron chi connectivity index (χ0n) is 32.5. The fourth-order valence-corrected chi connectivity index (χ4v) is 8.88. The van der Waals surface area contributed by atoms with Gasteiger partial charge in [0.2, 0.25) is 0 Å². The smallest absolute Gasteiger partial charge is 0.0546 e. The maximum absolute atomic E-state index is 2.47. The van der Waals surface area contributed by atoms with Crippen LogP contribution in [-0.4, -0.2) is 0 Å². The number of anilines is 3. The van der Waals surface area contributed by atoms with Crippen LogP contribution >= 0.6 is 0 Å². The minimum absolute atomic E-state index is 1.09. The molecular weight excluding hydrogens is 711 g/mol. The summed E-state index contributed by atoms with van der Waals surface area (Å²) in [6, 6.07) is 86.4. The summed E-state index contributed by atoms with van der Waals surface area (Å²) in [6.45, 7) is 0. The van der Waals surface area contributed by atoms with Gasteiger partial charge in [0.05, 0.1) is 11.4 Å². The monoisotopic (exact) mass is 749 g/mol. The Hall–Kier alpha value is -7.74. The van der Waals surface area contributed by atoms with E-state index < -0.39 is 0 Å². The maximum Gasteiger partial charge on any atom is 0.0546 e. The van der Waals surface area contributed by atoms with Crippen molar-refractivity contribution in [3.63, 3.8) is 0 Å². The first-order valence-electron chi connectivity index (χ1n) is 20.3. The van der Waals surface area contributed by atoms with E-state index in [0.29, 0.717) is 0 Å². The summed E-state index contributed by atoms with van der Waals surface area (Å²) < 4.78 is 0. The first-order chi connectivity index (χ1) is 29.2. The van der Waals surface area contributed by atoms with Gasteiger partial charge in [-0.2, -0.15) is 0 Å². The minimum atomic E-state index is 1.09. The predicted molar refractivity (Wildman–Crippen MR) is 253 cm³/mol. The van der Waals surface area contributed by atoms with Crippen molar-refractivity contribution >= 4 is 60.2 Å². The van der Waals surface area contributed by atoms with Gasteiger partial charge in [0, 0.05) is 16.8 Å². The normalized spacial score (nSPS) is 11.4. The lowest BCUT2D eigenvalue weighted by Gasteiger charge is -2.30. The number of nitrogens with zero attached hydrogens (tertiary/aromatic N) is 1. The largest absolute Gasteiger partial charge is 0.309 e. The van der Waals surface area contributed by atoms with Crippen molar-refractivity contribution in [2.24, 2.45) is 0 Å². The SMILES string of the molecule is c1ccc(-c2ccc(N(c3ccccc3-c3ccc4ccccc4c3)c3cc(-c4ccccc4)ccc3-c3ccc4c(ccc5c6ccccc6ccc45)c3)cc2)cc1. The summed E-state index contributed by atoms with van der Waals surface area (Å²) in [7, 11) is 0. The Bertz CT molecular complexity index is 3310. The summed E-state index contributed by atoms with van der Waals surface area (Å²) in [4.78, 5) is 2.47. The highest BCUT2D eigenvalue weighted by atomic mass is 15.1. The zero-order valence-corrected chi connectivity index (χ0v) is 32.5. The van der Waals surface area contributed by atoms with Gasteiger partial charge in [-0.3, -0.25) is 0 Å². The third-order valence-corrected chi connectivity index (χ3v) is 11.8. The first kappa shape index (κ1) is 34.5. The van der Waals surface area contributed by atoms with Gasteiger partial charge in [-0.05, 0) is 113 Å². The van der Waals surface area contributed by atoms with Gasteiger partial charge in [0.1, 0.15) is 0 Å². The molecule has 1 nitrogen and oxygen atoms in total. The molecule has 0 saturated heterocycles. The Kier molecular flexibility index (Phi) is 8.56. The molecular formula is C58H39N. The second-order valence-electron chi connectivity index (χ2n) is 15.3. The van der Waals surface area contributed by atoms with Crippen molar-refractivity contribution in [2.45, 2.75) is 0 Å². The summed E-state index contributed by atoms with van der Waals surface area (Å²) in [6.07, 6.45) is 0. The van der Waals surface area contributed by atoms with Crippen molar-refractivity contribution in [3.8, 4) is 44.5 Å². The molecule has 11 aromatic rings. The molecule has 0 radical (unpaired) electrons. The van der Waals surface area contributed by atoms with E-state index in [4.69, 9.17) is 0 Å². The molecule has 0 heterocycles. The van der Waals surface area contributed by atoms with Crippen molar-refractivity contribution in [2.75, 3.05) is 4.90 Å². The Balaban J connectivity index is 1.15. The third-order valence-electron chi connectivity index (χ3n) is 11.8. The van der Waals surface area contributed by atoms with Crippen molar-refractivity contribution in [1.29, 1.82) is 0 Å². The highest BCUT2D eigenvalue weighted by Crippen LogP contribution is 2.47. The lowest BCUT2D eigenvalue weighted by Crippen LogP contribution is -2.12. The van der Waals surface area contributed by atoms with E-state index in [2.05, 4.69) is 241 Å². The van der Waals surface area contributed by atoms with Gasteiger partial charge < -0.3 is 4.90 Å². The molecule has 0 saturated carbocycles. The predicted octanol–water partition coefficient (Wildman–Crippen LogP) is 16.4. The minimum Gasteiger partial charge on any atom is -0.309 e. The first-order valence-corrected chi connectivity index (χ1v) is 20.3. The number of hydrogen-bond donors (Lipinski definition) is 0. The average molecular weight is 750 g/mol. The molecule has 0 unspecified atom stereocenters. The van der Waals surface area contributed by atoms with Crippen LogP contribution in [0.2, 0.25) is 0 Å². The second-order valence-corrected chi connectivity index (χ2v) is 15.3. The van der Waals surface area contributed by atoms with E-state index in [0.717, 1.165) is 28.2 Å². The van der Waals surface area contributed by atoms with Crippen LogP contribution in [0.15, 0.2) is 237 Å². The highest BCUT2D eigenvalue weighted by molar-refractivity contribution is 6.17. The van der Waals surface area contributed by atoms with Gasteiger partial charge in [-0.1, -0.05) is 200 Å². The molecule has 59 heavy (non-hydrogen) atoms. The van der Waals surface area contributed by atoms with Crippen LogP contribution in [0.5, 0.6) is 0 Å². The van der Waals surface area contributed by atoms with Crippen LogP contribution in [0, 0.1) is 0 Å². The molecule has 0 aliphatic carbocycles. The van der Waals surface area contributed by atoms with E-state index in [1.165, 1.54) is 76.5 Å². The highest BCUT2D eigenvalue weighted by Gasteiger charge is 2.22. The summed E-state index contributed by atoms with van der Waals surface area (Å²) >= 11 is 0. The zero-order chi connectivity index (χ0) is 39.1. The molecule has 0 bridgehead atoms. The van der Waals surface area contributed by atoms with Crippen molar-refractivity contribution in [1.82, 2.24) is 0 Å². The van der Waals surface area contributed by atoms with Crippen LogP contribution in [0.3, 0.4) is 0 Å². The Labute approximate surface area is 344 Å². The fourth-order valence-electron chi connectivity index (χ4n) is 8.88. The van der Waals surface area contributed by atoms with Gasteiger partial charge in [-0.25, -0.2) is 0 Å². The number of rotatable bonds is 7. The molecule has 0 spiro atoms. The Morgan fingerprint density at radius 3 is 1.46 bits per heavy atom. The summed E-state index contributed by atoms with van der Waals surface area (Å²) in [5.41, 5.74) is 12.7. The van der Waals surface area contributed by atoms with Crippen LogP contribution in [0.1, 0.15) is 0 Å². The number of fused-ring (bicyclic) bond motifs is 6. The van der Waals surface area contributed by atoms with E-state index in [9.17, 15) is 0 Å². The summed E-state index contributed by atoms with van der Waals surface area (Å²) in [5, 5.41) is 10.0. The molecule has 276 valence electrons. The van der Waals surface area contributed by atoms with Crippen molar-refractivity contribution in [3.05, 3.63) is 237 Å². The standard InChI is InChI=1S/C58H39N/c1-3-13-40(14-4-1)43-25-31-50(32-26-43)59(57-22-12-11-21-53(57)48-24-23-42-17-7-8-19-45(42)37-48)58-39-46(41-15-5-2-6-16-41)28-34-54(58)49-29-33-52-47(38-49)30-36-55-51-20-10-9-18-44(51)27-35-56(52)55/h1-39H. The number of benzene rings is 11. The average Bonchev–Trinajstić information content (AvgIpc) is 3.32. The quantitative estimate of drug-likeness (QED) is 0.147. The second kappa shape index (κ2) is 14.6. The molecule has 0 N–H and O–H groups in total. The molecule has 11 aromatic carbocycles. The van der Waals surface area contributed by atoms with Crippen LogP contribution in [-0.2, 0) is 0 Å². The number of hydrogen-bond acceptors (Lipinski definition) is 1. The lowest BCUT2D eigenvalue weighted by molar-refractivity contribution is 1.28. The molecule has 0 fully saturated rings. The van der Waals surface area contributed by atoms with Crippen LogP contribution in [0.4, 0.5) is 17.1 Å². The molecule has 11 rings (SSSR count). The van der Waals surface area contributed by atoms with Crippen molar-refractivity contribution < 1.29 is 0 Å². The van der Waals surface area contributed by atoms with Crippen LogP contribution in [0.25, 0.3) is 87.6 Å². The maximum atomic E-state index is 2.47. The summed E-state index contributed by atoms with van der Waals surface area (Å²) in [5.74, 6) is 0. The Morgan fingerprint density at radius 1 is 0.220 bits per heavy atom. The third kappa shape index (κ3) is 6.30. The molecule has 0 aliphatic heterocycles. The van der Waals surface area contributed by atoms with E-state index in [-0.39, 0.29) is 0 Å². The molecule has 1 heteroatoms.